The van der Waals surface area contributed by atoms with Crippen molar-refractivity contribution in [3.63, 3.8) is 0 Å². The van der Waals surface area contributed by atoms with Crippen molar-refractivity contribution >= 4 is 5.91 Å². The summed E-state index contributed by atoms with van der Waals surface area (Å²) in [6, 6.07) is 10.8. The highest BCUT2D eigenvalue weighted by Gasteiger charge is 2.23. The fourth-order valence-corrected chi connectivity index (χ4v) is 3.32. The molecule has 4 heteroatoms. The van der Waals surface area contributed by atoms with E-state index in [9.17, 15) is 4.79 Å². The van der Waals surface area contributed by atoms with Crippen LogP contribution in [0.4, 0.5) is 0 Å². The Morgan fingerprint density at radius 3 is 2.42 bits per heavy atom. The molecule has 1 aromatic carbocycles. The first-order chi connectivity index (χ1) is 11.8. The number of aryl methyl sites for hydroxylation is 2. The van der Waals surface area contributed by atoms with E-state index in [1.807, 2.05) is 4.90 Å². The van der Waals surface area contributed by atoms with Crippen molar-refractivity contribution in [2.45, 2.75) is 44.9 Å². The third-order valence-electron chi connectivity index (χ3n) is 4.89. The first-order valence-electron chi connectivity index (χ1n) is 8.88. The summed E-state index contributed by atoms with van der Waals surface area (Å²) in [6.07, 6.45) is 7.76. The summed E-state index contributed by atoms with van der Waals surface area (Å²) in [5.74, 6) is 1.55. The molecule has 0 radical (unpaired) electrons. The van der Waals surface area contributed by atoms with E-state index in [2.05, 4.69) is 41.2 Å². The summed E-state index contributed by atoms with van der Waals surface area (Å²) in [5.41, 5.74) is 2.80. The number of carbonyl (C=O) groups excluding carboxylic acids is 1. The van der Waals surface area contributed by atoms with Gasteiger partial charge >= 0.3 is 0 Å². The van der Waals surface area contributed by atoms with E-state index in [-0.39, 0.29) is 5.91 Å². The number of carbonyl (C=O) groups is 1. The smallest absolute Gasteiger partial charge is 0.223 e. The van der Waals surface area contributed by atoms with Crippen LogP contribution in [0.5, 0.6) is 0 Å². The molecule has 3 rings (SSSR count). The van der Waals surface area contributed by atoms with E-state index in [1.54, 1.807) is 18.5 Å². The maximum Gasteiger partial charge on any atom is 0.223 e. The van der Waals surface area contributed by atoms with Crippen molar-refractivity contribution in [2.24, 2.45) is 0 Å². The topological polar surface area (TPSA) is 46.1 Å². The van der Waals surface area contributed by atoms with Gasteiger partial charge in [0.15, 0.2) is 0 Å². The van der Waals surface area contributed by atoms with E-state index in [1.165, 1.54) is 11.1 Å². The monoisotopic (exact) mass is 323 g/mol. The molecule has 0 spiro atoms. The molecular weight excluding hydrogens is 298 g/mol. The molecule has 0 bridgehead atoms. The van der Waals surface area contributed by atoms with E-state index < -0.39 is 0 Å². The van der Waals surface area contributed by atoms with Gasteiger partial charge in [-0.2, -0.15) is 0 Å². The summed E-state index contributed by atoms with van der Waals surface area (Å²) < 4.78 is 0. The second kappa shape index (κ2) is 8.04. The third-order valence-corrected chi connectivity index (χ3v) is 4.89. The van der Waals surface area contributed by atoms with Gasteiger partial charge in [0.2, 0.25) is 5.91 Å². The van der Waals surface area contributed by atoms with Crippen LogP contribution in [0, 0.1) is 0 Å². The Morgan fingerprint density at radius 2 is 1.79 bits per heavy atom. The molecule has 2 heterocycles. The zero-order chi connectivity index (χ0) is 16.8. The van der Waals surface area contributed by atoms with Crippen LogP contribution in [0.15, 0.2) is 42.7 Å². The Labute approximate surface area is 143 Å². The maximum atomic E-state index is 12.4. The standard InChI is InChI=1S/C20H25N3O/c1-2-16-4-6-17(7-5-16)18-10-14-23(15-11-18)20(24)9-8-19-21-12-3-13-22-19/h3-7,12-13,18H,2,8-11,14-15H2,1H3. The minimum Gasteiger partial charge on any atom is -0.343 e. The zero-order valence-corrected chi connectivity index (χ0v) is 14.3. The van der Waals surface area contributed by atoms with E-state index in [0.29, 0.717) is 18.8 Å². The molecule has 0 unspecified atom stereocenters. The van der Waals surface area contributed by atoms with Gasteiger partial charge in [-0.3, -0.25) is 4.79 Å². The number of rotatable bonds is 5. The number of hydrogen-bond donors (Lipinski definition) is 0. The van der Waals surface area contributed by atoms with Gasteiger partial charge in [-0.1, -0.05) is 31.2 Å². The molecule has 0 aliphatic carbocycles. The minimum atomic E-state index is 0.224. The normalized spacial score (nSPS) is 15.5. The number of piperidine rings is 1. The Balaban J connectivity index is 1.48. The molecule has 1 saturated heterocycles. The van der Waals surface area contributed by atoms with E-state index in [0.717, 1.165) is 38.2 Å². The highest BCUT2D eigenvalue weighted by molar-refractivity contribution is 5.76. The lowest BCUT2D eigenvalue weighted by Crippen LogP contribution is -2.38. The third kappa shape index (κ3) is 4.19. The Morgan fingerprint density at radius 1 is 1.12 bits per heavy atom. The number of nitrogens with zero attached hydrogens (tertiary/aromatic N) is 3. The first-order valence-corrected chi connectivity index (χ1v) is 8.88. The summed E-state index contributed by atoms with van der Waals surface area (Å²) in [5, 5.41) is 0. The molecule has 0 atom stereocenters. The number of amides is 1. The van der Waals surface area contributed by atoms with Gasteiger partial charge in [-0.25, -0.2) is 9.97 Å². The molecule has 0 N–H and O–H groups in total. The lowest BCUT2D eigenvalue weighted by Gasteiger charge is -2.32. The zero-order valence-electron chi connectivity index (χ0n) is 14.3. The van der Waals surface area contributed by atoms with E-state index >= 15 is 0 Å². The van der Waals surface area contributed by atoms with Crippen LogP contribution in [-0.2, 0) is 17.6 Å². The van der Waals surface area contributed by atoms with Gasteiger partial charge in [-0.05, 0) is 42.4 Å². The summed E-state index contributed by atoms with van der Waals surface area (Å²) in [7, 11) is 0. The van der Waals surface area contributed by atoms with Gasteiger partial charge in [-0.15, -0.1) is 0 Å². The van der Waals surface area contributed by atoms with Crippen molar-refractivity contribution in [3.05, 3.63) is 59.7 Å². The quantitative estimate of drug-likeness (QED) is 0.847. The van der Waals surface area contributed by atoms with Crippen LogP contribution >= 0.6 is 0 Å². The number of aromatic nitrogens is 2. The average Bonchev–Trinajstić information content (AvgIpc) is 2.67. The summed E-state index contributed by atoms with van der Waals surface area (Å²) >= 11 is 0. The van der Waals surface area contributed by atoms with Crippen molar-refractivity contribution in [3.8, 4) is 0 Å². The average molecular weight is 323 g/mol. The largest absolute Gasteiger partial charge is 0.343 e. The van der Waals surface area contributed by atoms with Crippen LogP contribution in [-0.4, -0.2) is 33.9 Å². The maximum absolute atomic E-state index is 12.4. The molecule has 24 heavy (non-hydrogen) atoms. The molecule has 1 amide bonds. The molecule has 1 aliphatic heterocycles. The van der Waals surface area contributed by atoms with Crippen molar-refractivity contribution in [2.75, 3.05) is 13.1 Å². The van der Waals surface area contributed by atoms with E-state index in [4.69, 9.17) is 0 Å². The first kappa shape index (κ1) is 16.6. The van der Waals surface area contributed by atoms with Crippen LogP contribution in [0.2, 0.25) is 0 Å². The highest BCUT2D eigenvalue weighted by Crippen LogP contribution is 2.28. The van der Waals surface area contributed by atoms with Gasteiger partial charge in [0.05, 0.1) is 0 Å². The summed E-state index contributed by atoms with van der Waals surface area (Å²) in [4.78, 5) is 22.7. The lowest BCUT2D eigenvalue weighted by atomic mass is 9.88. The van der Waals surface area contributed by atoms with Crippen molar-refractivity contribution in [1.29, 1.82) is 0 Å². The molecule has 126 valence electrons. The minimum absolute atomic E-state index is 0.224. The lowest BCUT2D eigenvalue weighted by molar-refractivity contribution is -0.132. The fraction of sp³-hybridized carbons (Fsp3) is 0.450. The van der Waals surface area contributed by atoms with Gasteiger partial charge in [0.1, 0.15) is 5.82 Å². The van der Waals surface area contributed by atoms with Crippen LogP contribution in [0.25, 0.3) is 0 Å². The fourth-order valence-electron chi connectivity index (χ4n) is 3.32. The predicted molar refractivity (Wildman–Crippen MR) is 94.7 cm³/mol. The molecule has 2 aromatic rings. The SMILES string of the molecule is CCc1ccc(C2CCN(C(=O)CCc3ncccn3)CC2)cc1. The van der Waals surface area contributed by atoms with Crippen LogP contribution in [0.3, 0.4) is 0 Å². The predicted octanol–water partition coefficient (Wildman–Crippen LogP) is 3.38. The van der Waals surface area contributed by atoms with Crippen molar-refractivity contribution < 1.29 is 4.79 Å². The van der Waals surface area contributed by atoms with Gasteiger partial charge in [0, 0.05) is 38.3 Å². The number of benzene rings is 1. The molecule has 1 aromatic heterocycles. The van der Waals surface area contributed by atoms with Crippen LogP contribution in [0.1, 0.15) is 49.1 Å². The van der Waals surface area contributed by atoms with Gasteiger partial charge in [0.25, 0.3) is 0 Å². The highest BCUT2D eigenvalue weighted by atomic mass is 16.2. The number of likely N-dealkylation sites (tertiary alicyclic amines) is 1. The Bertz CT molecular complexity index is 646. The summed E-state index contributed by atoms with van der Waals surface area (Å²) in [6.45, 7) is 3.89. The second-order valence-corrected chi connectivity index (χ2v) is 6.42. The molecule has 0 saturated carbocycles. The molecular formula is C20H25N3O. The molecule has 1 aliphatic rings. The molecule has 4 nitrogen and oxygen atoms in total. The Hall–Kier alpha value is -2.23. The number of hydrogen-bond acceptors (Lipinski definition) is 3. The Kier molecular flexibility index (Phi) is 5.57. The van der Waals surface area contributed by atoms with Crippen LogP contribution < -0.4 is 0 Å². The molecule has 1 fully saturated rings. The van der Waals surface area contributed by atoms with Gasteiger partial charge < -0.3 is 4.90 Å². The van der Waals surface area contributed by atoms with Crippen molar-refractivity contribution in [1.82, 2.24) is 14.9 Å². The second-order valence-electron chi connectivity index (χ2n) is 6.42.